The molecular weight excluding hydrogens is 330 g/mol. The summed E-state index contributed by atoms with van der Waals surface area (Å²) in [7, 11) is 0. The van der Waals surface area contributed by atoms with E-state index in [0.717, 1.165) is 0 Å². The lowest BCUT2D eigenvalue weighted by molar-refractivity contribution is -0.0558. The molecule has 0 bridgehead atoms. The maximum absolute atomic E-state index is 12.1. The van der Waals surface area contributed by atoms with Gasteiger partial charge in [0.2, 0.25) is 5.17 Å². The van der Waals surface area contributed by atoms with Crippen LogP contribution in [0.4, 0.5) is 18.9 Å². The smallest absolute Gasteiger partial charge is 0.232 e. The lowest BCUT2D eigenvalue weighted by atomic mass is 10.2. The van der Waals surface area contributed by atoms with E-state index >= 15 is 0 Å². The Balaban J connectivity index is 3.22. The number of hydrogen-bond donors (Lipinski definition) is 0. The van der Waals surface area contributed by atoms with Crippen molar-refractivity contribution in [2.45, 2.75) is 13.1 Å². The van der Waals surface area contributed by atoms with Gasteiger partial charge in [-0.1, -0.05) is 23.2 Å². The van der Waals surface area contributed by atoms with E-state index in [1.54, 1.807) is 6.92 Å². The van der Waals surface area contributed by atoms with Gasteiger partial charge in [0.15, 0.2) is 0 Å². The van der Waals surface area contributed by atoms with Crippen LogP contribution in [-0.2, 0) is 0 Å². The Kier molecular flexibility index (Phi) is 4.26. The van der Waals surface area contributed by atoms with E-state index in [9.17, 15) is 13.2 Å². The molecule has 0 spiro atoms. The monoisotopic (exact) mass is 333 g/mol. The van der Waals surface area contributed by atoms with E-state index in [2.05, 4.69) is 20.9 Å². The van der Waals surface area contributed by atoms with E-state index in [-0.39, 0.29) is 5.69 Å². The molecule has 0 N–H and O–H groups in total. The highest BCUT2D eigenvalue weighted by molar-refractivity contribution is 9.10. The molecule has 0 amide bonds. The second-order valence-electron chi connectivity index (χ2n) is 2.91. The maximum atomic E-state index is 12.1. The van der Waals surface area contributed by atoms with Gasteiger partial charge in [-0.15, -0.1) is 0 Å². The van der Waals surface area contributed by atoms with Gasteiger partial charge in [0.1, 0.15) is 0 Å². The van der Waals surface area contributed by atoms with Crippen LogP contribution in [0.5, 0.6) is 0 Å². The summed E-state index contributed by atoms with van der Waals surface area (Å²) in [5.74, 6) is 0. The molecule has 0 saturated heterocycles. The van der Waals surface area contributed by atoms with E-state index in [1.165, 1.54) is 12.1 Å². The lowest BCUT2D eigenvalue weighted by Crippen LogP contribution is -2.16. The third-order valence-electron chi connectivity index (χ3n) is 1.76. The van der Waals surface area contributed by atoms with Crippen molar-refractivity contribution in [3.8, 4) is 0 Å². The fraction of sp³-hybridized carbons (Fsp3) is 0.222. The second-order valence-corrected chi connectivity index (χ2v) is 4.50. The van der Waals surface area contributed by atoms with Crippen molar-refractivity contribution < 1.29 is 13.2 Å². The molecule has 16 heavy (non-hydrogen) atoms. The first kappa shape index (κ1) is 13.8. The van der Waals surface area contributed by atoms with Gasteiger partial charge in [0.25, 0.3) is 0 Å². The van der Waals surface area contributed by atoms with Crippen molar-refractivity contribution >= 4 is 50.0 Å². The van der Waals surface area contributed by atoms with Crippen molar-refractivity contribution in [3.63, 3.8) is 0 Å². The zero-order valence-electron chi connectivity index (χ0n) is 7.87. The van der Waals surface area contributed by atoms with Crippen molar-refractivity contribution in [3.05, 3.63) is 27.2 Å². The summed E-state index contributed by atoms with van der Waals surface area (Å²) in [5.41, 5.74) is 0.522. The largest absolute Gasteiger partial charge is 0.444 e. The third-order valence-corrected chi connectivity index (χ3v) is 3.44. The van der Waals surface area contributed by atoms with Crippen LogP contribution in [0.15, 0.2) is 21.6 Å². The molecule has 0 aliphatic heterocycles. The summed E-state index contributed by atoms with van der Waals surface area (Å²) in [5, 5.41) is -1.11. The minimum Gasteiger partial charge on any atom is -0.232 e. The molecule has 0 fully saturated rings. The van der Waals surface area contributed by atoms with Gasteiger partial charge in [-0.25, -0.2) is 4.99 Å². The van der Waals surface area contributed by atoms with E-state index in [1.807, 2.05) is 0 Å². The summed E-state index contributed by atoms with van der Waals surface area (Å²) < 4.78 is 37.0. The van der Waals surface area contributed by atoms with Crippen LogP contribution >= 0.6 is 39.1 Å². The topological polar surface area (TPSA) is 12.4 Å². The van der Waals surface area contributed by atoms with E-state index < -0.39 is 11.3 Å². The van der Waals surface area contributed by atoms with Gasteiger partial charge in [0, 0.05) is 4.47 Å². The van der Waals surface area contributed by atoms with Gasteiger partial charge in [0.05, 0.1) is 10.7 Å². The number of alkyl halides is 3. The Morgan fingerprint density at radius 2 is 1.94 bits per heavy atom. The number of nitrogens with zero attached hydrogens (tertiary/aromatic N) is 1. The molecule has 0 radical (unpaired) electrons. The second kappa shape index (κ2) is 4.94. The molecule has 0 saturated carbocycles. The molecule has 0 aliphatic carbocycles. The van der Waals surface area contributed by atoms with Crippen LogP contribution in [0.25, 0.3) is 0 Å². The van der Waals surface area contributed by atoms with Crippen LogP contribution in [0.2, 0.25) is 5.02 Å². The van der Waals surface area contributed by atoms with E-state index in [4.69, 9.17) is 23.2 Å². The molecule has 0 aliphatic rings. The van der Waals surface area contributed by atoms with Crippen LogP contribution in [0, 0.1) is 6.92 Å². The molecule has 1 aromatic carbocycles. The summed E-state index contributed by atoms with van der Waals surface area (Å²) >= 11 is 14.0. The summed E-state index contributed by atoms with van der Waals surface area (Å²) in [6.07, 6.45) is -4.65. The van der Waals surface area contributed by atoms with Gasteiger partial charge in [-0.2, -0.15) is 13.2 Å². The average Bonchev–Trinajstić information content (AvgIpc) is 2.17. The molecule has 1 aromatic rings. The quantitative estimate of drug-likeness (QED) is 0.622. The number of benzene rings is 1. The standard InChI is InChI=1S/C9H5BrCl2F3N/c1-4-6(3-2-5(10)7(4)11)16-8(12)9(13,14)15/h2-3H,1H3. The molecule has 0 unspecified atom stereocenters. The summed E-state index contributed by atoms with van der Waals surface area (Å²) in [6.45, 7) is 1.56. The van der Waals surface area contributed by atoms with Crippen molar-refractivity contribution in [1.29, 1.82) is 0 Å². The minimum absolute atomic E-state index is 0.0931. The first-order valence-electron chi connectivity index (χ1n) is 3.99. The maximum Gasteiger partial charge on any atom is 0.444 e. The molecule has 7 heteroatoms. The van der Waals surface area contributed by atoms with Crippen LogP contribution < -0.4 is 0 Å². The van der Waals surface area contributed by atoms with Gasteiger partial charge < -0.3 is 0 Å². The number of hydrogen-bond acceptors (Lipinski definition) is 1. The minimum atomic E-state index is -4.65. The fourth-order valence-electron chi connectivity index (χ4n) is 0.932. The Morgan fingerprint density at radius 1 is 1.38 bits per heavy atom. The Morgan fingerprint density at radius 3 is 2.44 bits per heavy atom. The molecule has 1 rings (SSSR count). The SMILES string of the molecule is Cc1c(N=C(Cl)C(F)(F)F)ccc(Br)c1Cl. The summed E-state index contributed by atoms with van der Waals surface area (Å²) in [6, 6.07) is 2.91. The van der Waals surface area contributed by atoms with Crippen LogP contribution in [0.1, 0.15) is 5.56 Å². The number of aliphatic imine (C=N–C) groups is 1. The van der Waals surface area contributed by atoms with Gasteiger partial charge in [-0.05, 0) is 40.5 Å². The van der Waals surface area contributed by atoms with Crippen molar-refractivity contribution in [1.82, 2.24) is 0 Å². The number of rotatable bonds is 1. The zero-order chi connectivity index (χ0) is 12.5. The molecule has 0 aromatic heterocycles. The van der Waals surface area contributed by atoms with Crippen LogP contribution in [0.3, 0.4) is 0 Å². The number of halogens is 6. The normalized spacial score (nSPS) is 13.1. The molecule has 1 nitrogen and oxygen atoms in total. The van der Waals surface area contributed by atoms with Crippen LogP contribution in [-0.4, -0.2) is 11.3 Å². The lowest BCUT2D eigenvalue weighted by Gasteiger charge is -2.07. The predicted octanol–water partition coefficient (Wildman–Crippen LogP) is 5.24. The van der Waals surface area contributed by atoms with E-state index in [0.29, 0.717) is 15.1 Å². The summed E-state index contributed by atoms with van der Waals surface area (Å²) in [4.78, 5) is 3.28. The third kappa shape index (κ3) is 3.12. The molecule has 88 valence electrons. The highest BCUT2D eigenvalue weighted by Gasteiger charge is 2.34. The Hall–Kier alpha value is -0.260. The highest BCUT2D eigenvalue weighted by Crippen LogP contribution is 2.34. The first-order valence-corrected chi connectivity index (χ1v) is 5.54. The van der Waals surface area contributed by atoms with Crippen molar-refractivity contribution in [2.24, 2.45) is 4.99 Å². The van der Waals surface area contributed by atoms with Gasteiger partial charge in [-0.3, -0.25) is 0 Å². The molecule has 0 atom stereocenters. The Bertz CT molecular complexity index is 443. The van der Waals surface area contributed by atoms with Gasteiger partial charge >= 0.3 is 6.18 Å². The molecule has 0 heterocycles. The highest BCUT2D eigenvalue weighted by atomic mass is 79.9. The fourth-order valence-corrected chi connectivity index (χ4v) is 1.61. The Labute approximate surface area is 108 Å². The average molecular weight is 335 g/mol. The predicted molar refractivity (Wildman–Crippen MR) is 62.9 cm³/mol. The molecular formula is C9H5BrCl2F3N. The van der Waals surface area contributed by atoms with Crippen molar-refractivity contribution in [2.75, 3.05) is 0 Å². The zero-order valence-corrected chi connectivity index (χ0v) is 11.0. The first-order chi connectivity index (χ1) is 7.23.